The van der Waals surface area contributed by atoms with E-state index in [1.807, 2.05) is 0 Å². The van der Waals surface area contributed by atoms with E-state index in [1.54, 1.807) is 6.92 Å². The van der Waals surface area contributed by atoms with Crippen LogP contribution in [0.5, 0.6) is 0 Å². The second-order valence-electron chi connectivity index (χ2n) is 7.86. The number of halogens is 3. The Morgan fingerprint density at radius 3 is 2.30 bits per heavy atom. The third-order valence-electron chi connectivity index (χ3n) is 5.56. The number of nitrogens with zero attached hydrogens (tertiary/aromatic N) is 2. The van der Waals surface area contributed by atoms with Crippen molar-refractivity contribution >= 4 is 21.7 Å². The number of amides is 2. The van der Waals surface area contributed by atoms with E-state index in [2.05, 4.69) is 5.32 Å². The molecule has 1 aliphatic rings. The van der Waals surface area contributed by atoms with Crippen LogP contribution in [0.15, 0.2) is 53.4 Å². The maximum atomic E-state index is 12.9. The second-order valence-corrected chi connectivity index (χ2v) is 9.80. The molecule has 0 saturated carbocycles. The molecule has 3 rings (SSSR count). The molecule has 1 heterocycles. The summed E-state index contributed by atoms with van der Waals surface area (Å²) >= 11 is 0. The summed E-state index contributed by atoms with van der Waals surface area (Å²) < 4.78 is 65.7. The average molecular weight is 485 g/mol. The van der Waals surface area contributed by atoms with Crippen molar-refractivity contribution in [2.24, 2.45) is 11.7 Å². The highest BCUT2D eigenvalue weighted by atomic mass is 32.2. The van der Waals surface area contributed by atoms with Gasteiger partial charge >= 0.3 is 12.2 Å². The van der Waals surface area contributed by atoms with Gasteiger partial charge in [0.15, 0.2) is 0 Å². The molecule has 1 fully saturated rings. The Bertz CT molecular complexity index is 1060. The molecule has 180 valence electrons. The number of urea groups is 1. The van der Waals surface area contributed by atoms with Gasteiger partial charge in [0.2, 0.25) is 10.0 Å². The first-order chi connectivity index (χ1) is 15.6. The second kappa shape index (κ2) is 10.1. The standard InChI is InChI=1S/C22H27F3N4O3S/c1-2-27-21(30)29(15-16-3-5-18(6-4-16)22(23,24)25)19-7-9-20(10-8-19)33(31,32)28-12-11-17(13-26)14-28/h3-10,17H,2,11-15,26H2,1H3,(H,27,30)/t17-/m1/s1. The predicted octanol–water partition coefficient (Wildman–Crippen LogP) is 3.41. The Balaban J connectivity index is 1.82. The molecule has 0 bridgehead atoms. The van der Waals surface area contributed by atoms with Gasteiger partial charge in [0, 0.05) is 25.3 Å². The fourth-order valence-corrected chi connectivity index (χ4v) is 5.19. The van der Waals surface area contributed by atoms with Gasteiger partial charge in [0.25, 0.3) is 0 Å². The van der Waals surface area contributed by atoms with Crippen molar-refractivity contribution in [1.82, 2.24) is 9.62 Å². The quantitative estimate of drug-likeness (QED) is 0.630. The largest absolute Gasteiger partial charge is 0.416 e. The van der Waals surface area contributed by atoms with Gasteiger partial charge in [-0.1, -0.05) is 12.1 Å². The Hall–Kier alpha value is -2.63. The molecule has 1 saturated heterocycles. The third kappa shape index (κ3) is 5.84. The van der Waals surface area contributed by atoms with E-state index in [1.165, 1.54) is 45.6 Å². The molecular formula is C22H27F3N4O3S. The van der Waals surface area contributed by atoms with E-state index in [0.717, 1.165) is 12.1 Å². The van der Waals surface area contributed by atoms with Gasteiger partial charge in [-0.15, -0.1) is 0 Å². The van der Waals surface area contributed by atoms with Crippen LogP contribution in [-0.4, -0.2) is 44.9 Å². The maximum Gasteiger partial charge on any atom is 0.416 e. The van der Waals surface area contributed by atoms with Gasteiger partial charge in [-0.05, 0) is 67.8 Å². The Kier molecular flexibility index (Phi) is 7.65. The minimum atomic E-state index is -4.45. The monoisotopic (exact) mass is 484 g/mol. The van der Waals surface area contributed by atoms with Gasteiger partial charge in [-0.2, -0.15) is 17.5 Å². The van der Waals surface area contributed by atoms with E-state index < -0.39 is 27.8 Å². The minimum Gasteiger partial charge on any atom is -0.338 e. The van der Waals surface area contributed by atoms with Crippen molar-refractivity contribution in [2.75, 3.05) is 31.1 Å². The molecule has 1 atom stereocenters. The summed E-state index contributed by atoms with van der Waals surface area (Å²) in [7, 11) is -3.68. The van der Waals surface area contributed by atoms with Crippen LogP contribution in [0.25, 0.3) is 0 Å². The van der Waals surface area contributed by atoms with Crippen molar-refractivity contribution in [3.8, 4) is 0 Å². The number of alkyl halides is 3. The molecule has 0 aromatic heterocycles. The van der Waals surface area contributed by atoms with E-state index in [9.17, 15) is 26.4 Å². The highest BCUT2D eigenvalue weighted by Crippen LogP contribution is 2.30. The summed E-state index contributed by atoms with van der Waals surface area (Å²) in [5.74, 6) is 0.135. The normalized spacial score (nSPS) is 17.2. The Labute approximate surface area is 191 Å². The molecule has 2 aromatic rings. The van der Waals surface area contributed by atoms with Crippen molar-refractivity contribution in [2.45, 2.75) is 31.0 Å². The lowest BCUT2D eigenvalue weighted by molar-refractivity contribution is -0.137. The van der Waals surface area contributed by atoms with Gasteiger partial charge in [-0.25, -0.2) is 13.2 Å². The lowest BCUT2D eigenvalue weighted by Crippen LogP contribution is -2.39. The molecule has 0 radical (unpaired) electrons. The van der Waals surface area contributed by atoms with Crippen LogP contribution in [0.1, 0.15) is 24.5 Å². The number of anilines is 1. The van der Waals surface area contributed by atoms with E-state index in [4.69, 9.17) is 5.73 Å². The molecule has 0 unspecified atom stereocenters. The summed E-state index contributed by atoms with van der Waals surface area (Å²) in [6.45, 7) is 3.32. The van der Waals surface area contributed by atoms with Crippen LogP contribution in [0.2, 0.25) is 0 Å². The maximum absolute atomic E-state index is 12.9. The predicted molar refractivity (Wildman–Crippen MR) is 119 cm³/mol. The van der Waals surface area contributed by atoms with Gasteiger partial charge < -0.3 is 11.1 Å². The van der Waals surface area contributed by atoms with Crippen LogP contribution >= 0.6 is 0 Å². The highest BCUT2D eigenvalue weighted by molar-refractivity contribution is 7.89. The summed E-state index contributed by atoms with van der Waals surface area (Å²) in [6.07, 6.45) is -3.73. The SMILES string of the molecule is CCNC(=O)N(Cc1ccc(C(F)(F)F)cc1)c1ccc(S(=O)(=O)N2CC[C@H](CN)C2)cc1. The van der Waals surface area contributed by atoms with Gasteiger partial charge in [-0.3, -0.25) is 4.90 Å². The van der Waals surface area contributed by atoms with Crippen molar-refractivity contribution < 1.29 is 26.4 Å². The number of hydrogen-bond donors (Lipinski definition) is 2. The number of nitrogens with two attached hydrogens (primary N) is 1. The zero-order valence-corrected chi connectivity index (χ0v) is 19.0. The Morgan fingerprint density at radius 1 is 1.15 bits per heavy atom. The zero-order valence-electron chi connectivity index (χ0n) is 18.2. The Morgan fingerprint density at radius 2 is 1.79 bits per heavy atom. The third-order valence-corrected chi connectivity index (χ3v) is 7.44. The molecule has 2 aromatic carbocycles. The van der Waals surface area contributed by atoms with Crippen LogP contribution in [0, 0.1) is 5.92 Å². The first-order valence-electron chi connectivity index (χ1n) is 10.6. The fraction of sp³-hybridized carbons (Fsp3) is 0.409. The average Bonchev–Trinajstić information content (AvgIpc) is 3.28. The molecule has 0 spiro atoms. The van der Waals surface area contributed by atoms with Crippen molar-refractivity contribution in [3.63, 3.8) is 0 Å². The van der Waals surface area contributed by atoms with Crippen LogP contribution in [0.3, 0.4) is 0 Å². The number of carbonyl (C=O) groups is 1. The molecule has 7 nitrogen and oxygen atoms in total. The lowest BCUT2D eigenvalue weighted by atomic mass is 10.1. The molecule has 0 aliphatic carbocycles. The molecule has 33 heavy (non-hydrogen) atoms. The topological polar surface area (TPSA) is 95.7 Å². The highest BCUT2D eigenvalue weighted by Gasteiger charge is 2.32. The molecule has 11 heteroatoms. The molecule has 3 N–H and O–H groups in total. The number of sulfonamides is 1. The number of carbonyl (C=O) groups excluding carboxylic acids is 1. The van der Waals surface area contributed by atoms with Crippen LogP contribution in [0.4, 0.5) is 23.7 Å². The van der Waals surface area contributed by atoms with E-state index in [-0.39, 0.29) is 17.4 Å². The molecule has 1 aliphatic heterocycles. The van der Waals surface area contributed by atoms with Crippen LogP contribution in [-0.2, 0) is 22.7 Å². The smallest absolute Gasteiger partial charge is 0.338 e. The summed E-state index contributed by atoms with van der Waals surface area (Å²) in [4.78, 5) is 14.1. The van der Waals surface area contributed by atoms with E-state index >= 15 is 0 Å². The molecule has 2 amide bonds. The summed E-state index contributed by atoms with van der Waals surface area (Å²) in [5, 5.41) is 2.67. The van der Waals surface area contributed by atoms with Crippen LogP contribution < -0.4 is 16.0 Å². The first kappa shape index (κ1) is 25.0. The van der Waals surface area contributed by atoms with Crippen molar-refractivity contribution in [1.29, 1.82) is 0 Å². The number of nitrogens with one attached hydrogen (secondary N) is 1. The van der Waals surface area contributed by atoms with Gasteiger partial charge in [0.1, 0.15) is 0 Å². The van der Waals surface area contributed by atoms with Crippen molar-refractivity contribution in [3.05, 3.63) is 59.7 Å². The minimum absolute atomic E-state index is 0.0143. The fourth-order valence-electron chi connectivity index (χ4n) is 3.66. The lowest BCUT2D eigenvalue weighted by Gasteiger charge is -2.24. The summed E-state index contributed by atoms with van der Waals surface area (Å²) in [5.41, 5.74) is 5.80. The summed E-state index contributed by atoms with van der Waals surface area (Å²) in [6, 6.07) is 10.0. The number of rotatable bonds is 7. The first-order valence-corrected chi connectivity index (χ1v) is 12.0. The van der Waals surface area contributed by atoms with Gasteiger partial charge in [0.05, 0.1) is 17.0 Å². The van der Waals surface area contributed by atoms with E-state index in [0.29, 0.717) is 43.9 Å². The number of hydrogen-bond acceptors (Lipinski definition) is 4. The molecular weight excluding hydrogens is 457 g/mol. The zero-order chi connectivity index (χ0) is 24.2. The number of benzene rings is 2.